The van der Waals surface area contributed by atoms with Crippen LogP contribution in [-0.2, 0) is 19.1 Å². The van der Waals surface area contributed by atoms with Crippen molar-refractivity contribution in [1.29, 1.82) is 0 Å². The fourth-order valence-corrected chi connectivity index (χ4v) is 3.78. The van der Waals surface area contributed by atoms with Crippen LogP contribution in [0.4, 0.5) is 5.69 Å². The zero-order chi connectivity index (χ0) is 21.1. The Balaban J connectivity index is 1.53. The Hall–Kier alpha value is -3.48. The number of nitrogens with zero attached hydrogens (tertiary/aromatic N) is 2. The average Bonchev–Trinajstić information content (AvgIpc) is 3.42. The number of hydrogen-bond donors (Lipinski definition) is 0. The van der Waals surface area contributed by atoms with Gasteiger partial charge in [0.1, 0.15) is 0 Å². The number of hydrogen-bond acceptors (Lipinski definition) is 5. The Morgan fingerprint density at radius 1 is 0.833 bits per heavy atom. The van der Waals surface area contributed by atoms with E-state index < -0.39 is 12.1 Å². The monoisotopic (exact) mass is 406 g/mol. The molecule has 0 unspecified atom stereocenters. The molecule has 2 saturated heterocycles. The summed E-state index contributed by atoms with van der Waals surface area (Å²) < 4.78 is 5.63. The summed E-state index contributed by atoms with van der Waals surface area (Å²) in [7, 11) is 0. The third-order valence-corrected chi connectivity index (χ3v) is 5.38. The van der Waals surface area contributed by atoms with Crippen LogP contribution in [0.5, 0.6) is 0 Å². The van der Waals surface area contributed by atoms with Gasteiger partial charge in [-0.15, -0.1) is 0 Å². The predicted molar refractivity (Wildman–Crippen MR) is 109 cm³/mol. The number of ether oxygens (including phenoxy) is 1. The number of anilines is 1. The van der Waals surface area contributed by atoms with Gasteiger partial charge in [-0.25, -0.2) is 4.79 Å². The summed E-state index contributed by atoms with van der Waals surface area (Å²) in [6.07, 6.45) is 1.26. The van der Waals surface area contributed by atoms with E-state index in [1.165, 1.54) is 24.3 Å². The lowest BCUT2D eigenvalue weighted by Crippen LogP contribution is -2.34. The molecule has 1 atom stereocenters. The zero-order valence-electron chi connectivity index (χ0n) is 16.5. The van der Waals surface area contributed by atoms with Crippen LogP contribution in [0.25, 0.3) is 0 Å². The highest BCUT2D eigenvalue weighted by Gasteiger charge is 2.32. The standard InChI is InChI=1S/C23H22N2O5/c26-19-12-13-20(27)25(19)18-10-8-17(9-11-18)23(29)30-21(16-6-2-1-3-7-16)22(28)24-14-4-5-15-24/h1-3,6-11,21H,4-5,12-15H2/t21-/m0/s1. The number of imide groups is 1. The SMILES string of the molecule is O=C(O[C@H](C(=O)N1CCCC1)c1ccccc1)c1ccc(N2C(=O)CCC2=O)cc1. The van der Waals surface area contributed by atoms with E-state index in [-0.39, 0.29) is 36.1 Å². The summed E-state index contributed by atoms with van der Waals surface area (Å²) in [5.74, 6) is -1.37. The van der Waals surface area contributed by atoms with Gasteiger partial charge in [0, 0.05) is 31.5 Å². The lowest BCUT2D eigenvalue weighted by molar-refractivity contribution is -0.140. The molecule has 0 N–H and O–H groups in total. The highest BCUT2D eigenvalue weighted by atomic mass is 16.5. The van der Waals surface area contributed by atoms with Crippen molar-refractivity contribution in [2.24, 2.45) is 0 Å². The van der Waals surface area contributed by atoms with Crippen molar-refractivity contribution >= 4 is 29.4 Å². The maximum Gasteiger partial charge on any atom is 0.339 e. The molecule has 2 aromatic carbocycles. The molecule has 0 aromatic heterocycles. The van der Waals surface area contributed by atoms with E-state index >= 15 is 0 Å². The van der Waals surface area contributed by atoms with E-state index in [0.29, 0.717) is 24.3 Å². The molecule has 4 rings (SSSR count). The minimum absolute atomic E-state index is 0.194. The molecule has 7 heteroatoms. The van der Waals surface area contributed by atoms with E-state index in [9.17, 15) is 19.2 Å². The molecule has 0 radical (unpaired) electrons. The highest BCUT2D eigenvalue weighted by molar-refractivity contribution is 6.19. The molecular formula is C23H22N2O5. The van der Waals surface area contributed by atoms with Crippen LogP contribution >= 0.6 is 0 Å². The minimum Gasteiger partial charge on any atom is -0.444 e. The van der Waals surface area contributed by atoms with Crippen LogP contribution in [0.1, 0.15) is 47.7 Å². The summed E-state index contributed by atoms with van der Waals surface area (Å²) in [4.78, 5) is 52.4. The molecule has 2 aromatic rings. The third-order valence-electron chi connectivity index (χ3n) is 5.38. The van der Waals surface area contributed by atoms with Gasteiger partial charge in [-0.2, -0.15) is 0 Å². The topological polar surface area (TPSA) is 84.0 Å². The summed E-state index contributed by atoms with van der Waals surface area (Å²) in [5.41, 5.74) is 1.28. The fourth-order valence-electron chi connectivity index (χ4n) is 3.78. The molecule has 154 valence electrons. The lowest BCUT2D eigenvalue weighted by atomic mass is 10.1. The normalized spacial score (nSPS) is 17.3. The first-order valence-electron chi connectivity index (χ1n) is 10.0. The Morgan fingerprint density at radius 2 is 1.43 bits per heavy atom. The first-order valence-corrected chi connectivity index (χ1v) is 10.0. The molecule has 30 heavy (non-hydrogen) atoms. The second-order valence-corrected chi connectivity index (χ2v) is 7.40. The van der Waals surface area contributed by atoms with Crippen LogP contribution < -0.4 is 4.90 Å². The smallest absolute Gasteiger partial charge is 0.339 e. The van der Waals surface area contributed by atoms with Crippen molar-refractivity contribution in [3.05, 3.63) is 65.7 Å². The second-order valence-electron chi connectivity index (χ2n) is 7.40. The number of esters is 1. The van der Waals surface area contributed by atoms with Crippen LogP contribution in [0.15, 0.2) is 54.6 Å². The van der Waals surface area contributed by atoms with Gasteiger partial charge < -0.3 is 9.64 Å². The van der Waals surface area contributed by atoms with Gasteiger partial charge in [0.2, 0.25) is 17.9 Å². The van der Waals surface area contributed by atoms with Crippen molar-refractivity contribution in [3.63, 3.8) is 0 Å². The van der Waals surface area contributed by atoms with E-state index in [0.717, 1.165) is 17.7 Å². The van der Waals surface area contributed by atoms with Gasteiger partial charge in [0.05, 0.1) is 11.3 Å². The Kier molecular flexibility index (Phi) is 5.61. The summed E-state index contributed by atoms with van der Waals surface area (Å²) in [5, 5.41) is 0. The molecule has 2 heterocycles. The molecule has 3 amide bonds. The van der Waals surface area contributed by atoms with Crippen molar-refractivity contribution in [3.8, 4) is 0 Å². The van der Waals surface area contributed by atoms with Crippen LogP contribution in [0.2, 0.25) is 0 Å². The van der Waals surface area contributed by atoms with Crippen molar-refractivity contribution in [1.82, 2.24) is 4.90 Å². The van der Waals surface area contributed by atoms with Gasteiger partial charge in [0.15, 0.2) is 0 Å². The predicted octanol–water partition coefficient (Wildman–Crippen LogP) is 2.86. The Morgan fingerprint density at radius 3 is 2.03 bits per heavy atom. The number of rotatable bonds is 5. The van der Waals surface area contributed by atoms with Crippen LogP contribution in [0, 0.1) is 0 Å². The summed E-state index contributed by atoms with van der Waals surface area (Å²) in [6.45, 7) is 1.32. The van der Waals surface area contributed by atoms with Crippen molar-refractivity contribution in [2.45, 2.75) is 31.8 Å². The molecule has 7 nitrogen and oxygen atoms in total. The number of likely N-dealkylation sites (tertiary alicyclic amines) is 1. The maximum absolute atomic E-state index is 13.0. The number of benzene rings is 2. The highest BCUT2D eigenvalue weighted by Crippen LogP contribution is 2.26. The van der Waals surface area contributed by atoms with Crippen molar-refractivity contribution in [2.75, 3.05) is 18.0 Å². The maximum atomic E-state index is 13.0. The third kappa shape index (κ3) is 3.96. The molecule has 2 aliphatic rings. The van der Waals surface area contributed by atoms with Crippen LogP contribution in [0.3, 0.4) is 0 Å². The molecule has 2 fully saturated rings. The van der Waals surface area contributed by atoms with Crippen LogP contribution in [-0.4, -0.2) is 41.7 Å². The summed E-state index contributed by atoms with van der Waals surface area (Å²) in [6, 6.07) is 15.0. The Labute approximate surface area is 174 Å². The molecular weight excluding hydrogens is 384 g/mol. The van der Waals surface area contributed by atoms with Crippen molar-refractivity contribution < 1.29 is 23.9 Å². The van der Waals surface area contributed by atoms with Gasteiger partial charge >= 0.3 is 5.97 Å². The lowest BCUT2D eigenvalue weighted by Gasteiger charge is -2.23. The number of carbonyl (C=O) groups is 4. The Bertz CT molecular complexity index is 949. The van der Waals surface area contributed by atoms with Gasteiger partial charge in [-0.1, -0.05) is 30.3 Å². The zero-order valence-corrected chi connectivity index (χ0v) is 16.5. The fraction of sp³-hybridized carbons (Fsp3) is 0.304. The van der Waals surface area contributed by atoms with Gasteiger partial charge in [-0.3, -0.25) is 19.3 Å². The number of amides is 3. The molecule has 0 saturated carbocycles. The average molecular weight is 406 g/mol. The molecule has 0 spiro atoms. The van der Waals surface area contributed by atoms with E-state index in [1.807, 2.05) is 6.07 Å². The quantitative estimate of drug-likeness (QED) is 0.563. The first kappa shape index (κ1) is 19.8. The molecule has 0 bridgehead atoms. The summed E-state index contributed by atoms with van der Waals surface area (Å²) >= 11 is 0. The molecule has 0 aliphatic carbocycles. The number of carbonyl (C=O) groups excluding carboxylic acids is 4. The second kappa shape index (κ2) is 8.49. The van der Waals surface area contributed by atoms with E-state index in [2.05, 4.69) is 0 Å². The minimum atomic E-state index is -1.02. The van der Waals surface area contributed by atoms with Gasteiger partial charge in [-0.05, 0) is 37.1 Å². The molecule has 2 aliphatic heterocycles. The first-order chi connectivity index (χ1) is 14.5. The largest absolute Gasteiger partial charge is 0.444 e. The van der Waals surface area contributed by atoms with Gasteiger partial charge in [0.25, 0.3) is 5.91 Å². The van der Waals surface area contributed by atoms with E-state index in [1.54, 1.807) is 29.2 Å². The van der Waals surface area contributed by atoms with E-state index in [4.69, 9.17) is 4.74 Å².